The molecule has 2 N–H and O–H groups in total. The lowest BCUT2D eigenvalue weighted by Crippen LogP contribution is -2.39. The van der Waals surface area contributed by atoms with Crippen molar-refractivity contribution < 1.29 is 9.47 Å². The molecule has 0 aromatic heterocycles. The number of nitrogens with zero attached hydrogens (tertiary/aromatic N) is 1. The highest BCUT2D eigenvalue weighted by Gasteiger charge is 2.33. The molecule has 126 valence electrons. The molecule has 1 aliphatic heterocycles. The number of benzene rings is 1. The smallest absolute Gasteiger partial charge is 0.191 e. The molecule has 6 heteroatoms. The number of guanidine groups is 1. The SMILES string of the molecule is CCNC(=NCc1cc(Cl)c2c(c1)OCCCO2)NC1CC1C. The molecule has 23 heavy (non-hydrogen) atoms. The van der Waals surface area contributed by atoms with Gasteiger partial charge in [-0.3, -0.25) is 0 Å². The minimum absolute atomic E-state index is 0.542. The summed E-state index contributed by atoms with van der Waals surface area (Å²) < 4.78 is 11.4. The van der Waals surface area contributed by atoms with E-state index in [1.54, 1.807) is 0 Å². The zero-order chi connectivity index (χ0) is 16.2. The molecule has 2 aliphatic rings. The summed E-state index contributed by atoms with van der Waals surface area (Å²) in [7, 11) is 0. The van der Waals surface area contributed by atoms with Gasteiger partial charge in [-0.25, -0.2) is 4.99 Å². The quantitative estimate of drug-likeness (QED) is 0.655. The van der Waals surface area contributed by atoms with Crippen molar-refractivity contribution in [2.75, 3.05) is 19.8 Å². The lowest BCUT2D eigenvalue weighted by molar-refractivity contribution is 0.297. The van der Waals surface area contributed by atoms with Crippen LogP contribution in [0.25, 0.3) is 0 Å². The number of fused-ring (bicyclic) bond motifs is 1. The number of ether oxygens (including phenoxy) is 2. The molecule has 1 heterocycles. The van der Waals surface area contributed by atoms with Crippen molar-refractivity contribution in [3.05, 3.63) is 22.7 Å². The summed E-state index contributed by atoms with van der Waals surface area (Å²) in [6.07, 6.45) is 2.08. The molecule has 5 nitrogen and oxygen atoms in total. The Morgan fingerprint density at radius 3 is 2.87 bits per heavy atom. The Kier molecular flexibility index (Phi) is 5.16. The van der Waals surface area contributed by atoms with Gasteiger partial charge in [0, 0.05) is 19.0 Å². The Morgan fingerprint density at radius 1 is 1.35 bits per heavy atom. The van der Waals surface area contributed by atoms with E-state index in [1.807, 2.05) is 12.1 Å². The second-order valence-corrected chi connectivity index (χ2v) is 6.52. The zero-order valence-corrected chi connectivity index (χ0v) is 14.4. The van der Waals surface area contributed by atoms with Gasteiger partial charge in [0.2, 0.25) is 0 Å². The summed E-state index contributed by atoms with van der Waals surface area (Å²) >= 11 is 6.33. The van der Waals surface area contributed by atoms with E-state index in [9.17, 15) is 0 Å². The molecule has 0 amide bonds. The number of nitrogens with one attached hydrogen (secondary N) is 2. The van der Waals surface area contributed by atoms with Crippen LogP contribution in [0.5, 0.6) is 11.5 Å². The van der Waals surface area contributed by atoms with Crippen molar-refractivity contribution in [3.63, 3.8) is 0 Å². The average Bonchev–Trinajstić information content (AvgIpc) is 3.26. The van der Waals surface area contributed by atoms with Crippen LogP contribution in [-0.2, 0) is 6.54 Å². The van der Waals surface area contributed by atoms with Gasteiger partial charge in [-0.15, -0.1) is 0 Å². The standard InChI is InChI=1S/C17H24ClN3O2/c1-3-19-17(21-14-7-11(14)2)20-10-12-8-13(18)16-15(9-12)22-5-4-6-23-16/h8-9,11,14H,3-7,10H2,1-2H3,(H2,19,20,21). The van der Waals surface area contributed by atoms with Crippen LogP contribution in [0.2, 0.25) is 5.02 Å². The first-order chi connectivity index (χ1) is 11.2. The predicted molar refractivity (Wildman–Crippen MR) is 92.6 cm³/mol. The third-order valence-corrected chi connectivity index (χ3v) is 4.34. The number of aliphatic imine (C=N–C) groups is 1. The topological polar surface area (TPSA) is 54.9 Å². The molecular formula is C17H24ClN3O2. The highest BCUT2D eigenvalue weighted by Crippen LogP contribution is 2.38. The molecular weight excluding hydrogens is 314 g/mol. The van der Waals surface area contributed by atoms with Crippen LogP contribution in [0.4, 0.5) is 0 Å². The van der Waals surface area contributed by atoms with E-state index < -0.39 is 0 Å². The van der Waals surface area contributed by atoms with E-state index in [2.05, 4.69) is 29.5 Å². The summed E-state index contributed by atoms with van der Waals surface area (Å²) in [6, 6.07) is 4.42. The van der Waals surface area contributed by atoms with E-state index in [0.29, 0.717) is 42.3 Å². The Morgan fingerprint density at radius 2 is 2.13 bits per heavy atom. The first-order valence-corrected chi connectivity index (χ1v) is 8.68. The molecule has 3 rings (SSSR count). The summed E-state index contributed by atoms with van der Waals surface area (Å²) in [4.78, 5) is 4.65. The van der Waals surface area contributed by atoms with Crippen molar-refractivity contribution in [2.45, 2.75) is 39.3 Å². The fourth-order valence-electron chi connectivity index (χ4n) is 2.56. The molecule has 2 unspecified atom stereocenters. The molecule has 1 aromatic rings. The third kappa shape index (κ3) is 4.22. The second kappa shape index (κ2) is 7.30. The van der Waals surface area contributed by atoms with Crippen molar-refractivity contribution in [1.29, 1.82) is 0 Å². The molecule has 0 radical (unpaired) electrons. The molecule has 0 saturated heterocycles. The van der Waals surface area contributed by atoms with Gasteiger partial charge in [0.25, 0.3) is 0 Å². The maximum atomic E-state index is 6.33. The zero-order valence-electron chi connectivity index (χ0n) is 13.7. The average molecular weight is 338 g/mol. The van der Waals surface area contributed by atoms with E-state index in [1.165, 1.54) is 6.42 Å². The fourth-order valence-corrected chi connectivity index (χ4v) is 2.85. The molecule has 0 bridgehead atoms. The van der Waals surface area contributed by atoms with Crippen LogP contribution in [0.15, 0.2) is 17.1 Å². The first kappa shape index (κ1) is 16.2. The number of halogens is 1. The lowest BCUT2D eigenvalue weighted by Gasteiger charge is -2.12. The minimum Gasteiger partial charge on any atom is -0.489 e. The monoisotopic (exact) mass is 337 g/mol. The second-order valence-electron chi connectivity index (χ2n) is 6.11. The summed E-state index contributed by atoms with van der Waals surface area (Å²) in [6.45, 7) is 6.99. The van der Waals surface area contributed by atoms with Crippen LogP contribution >= 0.6 is 11.6 Å². The highest BCUT2D eigenvalue weighted by atomic mass is 35.5. The van der Waals surface area contributed by atoms with Gasteiger partial charge in [-0.1, -0.05) is 18.5 Å². The van der Waals surface area contributed by atoms with Gasteiger partial charge < -0.3 is 20.1 Å². The largest absolute Gasteiger partial charge is 0.489 e. The summed E-state index contributed by atoms with van der Waals surface area (Å²) in [5.41, 5.74) is 1.01. The summed E-state index contributed by atoms with van der Waals surface area (Å²) in [5.74, 6) is 2.94. The maximum Gasteiger partial charge on any atom is 0.191 e. The first-order valence-electron chi connectivity index (χ1n) is 8.30. The van der Waals surface area contributed by atoms with E-state index >= 15 is 0 Å². The van der Waals surface area contributed by atoms with E-state index in [0.717, 1.165) is 30.4 Å². The van der Waals surface area contributed by atoms with Gasteiger partial charge in [0.1, 0.15) is 0 Å². The van der Waals surface area contributed by atoms with Crippen LogP contribution in [0, 0.1) is 5.92 Å². The number of rotatable bonds is 4. The predicted octanol–water partition coefficient (Wildman–Crippen LogP) is 2.96. The molecule has 1 saturated carbocycles. The van der Waals surface area contributed by atoms with Gasteiger partial charge in [0.15, 0.2) is 17.5 Å². The van der Waals surface area contributed by atoms with Gasteiger partial charge in [-0.2, -0.15) is 0 Å². The Bertz CT molecular complexity index is 591. The Labute approximate surface area is 142 Å². The van der Waals surface area contributed by atoms with Crippen molar-refractivity contribution >= 4 is 17.6 Å². The number of hydrogen-bond donors (Lipinski definition) is 2. The van der Waals surface area contributed by atoms with Crippen LogP contribution < -0.4 is 20.1 Å². The van der Waals surface area contributed by atoms with Crippen LogP contribution in [0.3, 0.4) is 0 Å². The number of hydrogen-bond acceptors (Lipinski definition) is 3. The molecule has 1 aromatic carbocycles. The molecule has 1 aliphatic carbocycles. The fraction of sp³-hybridized carbons (Fsp3) is 0.588. The van der Waals surface area contributed by atoms with Crippen molar-refractivity contribution in [3.8, 4) is 11.5 Å². The minimum atomic E-state index is 0.542. The van der Waals surface area contributed by atoms with Crippen LogP contribution in [0.1, 0.15) is 32.3 Å². The normalized spacial score (nSPS) is 23.2. The highest BCUT2D eigenvalue weighted by molar-refractivity contribution is 6.32. The maximum absolute atomic E-state index is 6.33. The molecule has 1 fully saturated rings. The van der Waals surface area contributed by atoms with E-state index in [4.69, 9.17) is 21.1 Å². The van der Waals surface area contributed by atoms with E-state index in [-0.39, 0.29) is 0 Å². The Balaban J connectivity index is 1.72. The molecule has 2 atom stereocenters. The Hall–Kier alpha value is -1.62. The summed E-state index contributed by atoms with van der Waals surface area (Å²) in [5, 5.41) is 7.32. The molecule has 0 spiro atoms. The van der Waals surface area contributed by atoms with Gasteiger partial charge in [0.05, 0.1) is 24.8 Å². The van der Waals surface area contributed by atoms with Gasteiger partial charge in [-0.05, 0) is 37.0 Å². The third-order valence-electron chi connectivity index (χ3n) is 4.06. The van der Waals surface area contributed by atoms with Crippen LogP contribution in [-0.4, -0.2) is 31.8 Å². The van der Waals surface area contributed by atoms with Crippen molar-refractivity contribution in [2.24, 2.45) is 10.9 Å². The van der Waals surface area contributed by atoms with Crippen molar-refractivity contribution in [1.82, 2.24) is 10.6 Å². The lowest BCUT2D eigenvalue weighted by atomic mass is 10.2. The van der Waals surface area contributed by atoms with Gasteiger partial charge >= 0.3 is 0 Å².